The minimum atomic E-state index is -0.393. The summed E-state index contributed by atoms with van der Waals surface area (Å²) in [4.78, 5) is 5.39. The predicted octanol–water partition coefficient (Wildman–Crippen LogP) is 3.90. The maximum absolute atomic E-state index is 13.5. The summed E-state index contributed by atoms with van der Waals surface area (Å²) in [6.45, 7) is 2.64. The third-order valence-electron chi connectivity index (χ3n) is 2.46. The zero-order valence-electron chi connectivity index (χ0n) is 9.34. The van der Waals surface area contributed by atoms with Gasteiger partial charge in [0.2, 0.25) is 0 Å². The van der Waals surface area contributed by atoms with Crippen molar-refractivity contribution in [2.24, 2.45) is 0 Å². The van der Waals surface area contributed by atoms with E-state index in [-0.39, 0.29) is 5.02 Å². The molecule has 0 fully saturated rings. The summed E-state index contributed by atoms with van der Waals surface area (Å²) in [6, 6.07) is 4.95. The zero-order chi connectivity index (χ0) is 12.3. The summed E-state index contributed by atoms with van der Waals surface area (Å²) >= 11 is 7.32. The topological polar surface area (TPSA) is 24.9 Å². The Morgan fingerprint density at radius 1 is 1.47 bits per heavy atom. The van der Waals surface area contributed by atoms with Gasteiger partial charge in [0.15, 0.2) is 5.82 Å². The van der Waals surface area contributed by atoms with E-state index in [4.69, 9.17) is 11.6 Å². The summed E-state index contributed by atoms with van der Waals surface area (Å²) in [5.74, 6) is -0.393. The molecule has 0 saturated heterocycles. The van der Waals surface area contributed by atoms with Gasteiger partial charge in [0, 0.05) is 17.8 Å². The molecule has 2 aromatic rings. The van der Waals surface area contributed by atoms with Gasteiger partial charge in [-0.05, 0) is 19.1 Å². The quantitative estimate of drug-likeness (QED) is 0.911. The van der Waals surface area contributed by atoms with Gasteiger partial charge in [0.25, 0.3) is 0 Å². The van der Waals surface area contributed by atoms with Crippen LogP contribution in [0.3, 0.4) is 0 Å². The molecule has 1 aromatic carbocycles. The molecule has 5 heteroatoms. The Morgan fingerprint density at radius 3 is 3.00 bits per heavy atom. The van der Waals surface area contributed by atoms with E-state index in [1.807, 2.05) is 12.4 Å². The van der Waals surface area contributed by atoms with Crippen LogP contribution in [0, 0.1) is 12.7 Å². The number of thiazole rings is 1. The van der Waals surface area contributed by atoms with Gasteiger partial charge in [-0.2, -0.15) is 0 Å². The number of benzene rings is 1. The van der Waals surface area contributed by atoms with Crippen molar-refractivity contribution >= 4 is 28.6 Å². The minimum Gasteiger partial charge on any atom is -0.382 e. The molecule has 0 aliphatic carbocycles. The van der Waals surface area contributed by atoms with Gasteiger partial charge < -0.3 is 5.32 Å². The molecule has 0 aliphatic rings. The van der Waals surface area contributed by atoms with E-state index >= 15 is 0 Å². The van der Waals surface area contributed by atoms with Gasteiger partial charge in [-0.15, -0.1) is 11.3 Å². The number of anilines is 1. The predicted molar refractivity (Wildman–Crippen MR) is 70.5 cm³/mol. The molecule has 0 aliphatic heterocycles. The molecule has 0 saturated carbocycles. The standard InChI is InChI=1S/C12H12ClFN2S/c1-8-11(17-7-16-8)5-6-15-10-4-2-3-9(13)12(10)14/h2-4,7,15H,5-6H2,1H3. The van der Waals surface area contributed by atoms with E-state index in [1.165, 1.54) is 10.9 Å². The van der Waals surface area contributed by atoms with Crippen LogP contribution >= 0.6 is 22.9 Å². The van der Waals surface area contributed by atoms with Crippen molar-refractivity contribution in [3.8, 4) is 0 Å². The van der Waals surface area contributed by atoms with Crippen molar-refractivity contribution in [3.63, 3.8) is 0 Å². The fraction of sp³-hybridized carbons (Fsp3) is 0.250. The fourth-order valence-electron chi connectivity index (χ4n) is 1.52. The van der Waals surface area contributed by atoms with Gasteiger partial charge in [-0.3, -0.25) is 0 Å². The molecule has 0 bridgehead atoms. The summed E-state index contributed by atoms with van der Waals surface area (Å²) in [5, 5.41) is 3.18. The third-order valence-corrected chi connectivity index (χ3v) is 3.75. The van der Waals surface area contributed by atoms with Gasteiger partial charge >= 0.3 is 0 Å². The van der Waals surface area contributed by atoms with E-state index in [2.05, 4.69) is 10.3 Å². The smallest absolute Gasteiger partial charge is 0.164 e. The van der Waals surface area contributed by atoms with Gasteiger partial charge in [-0.1, -0.05) is 17.7 Å². The second-order valence-electron chi connectivity index (χ2n) is 3.64. The Labute approximate surface area is 108 Å². The third kappa shape index (κ3) is 2.96. The largest absolute Gasteiger partial charge is 0.382 e. The molecular weight excluding hydrogens is 259 g/mol. The van der Waals surface area contributed by atoms with Crippen LogP contribution in [0.4, 0.5) is 10.1 Å². The van der Waals surface area contributed by atoms with Gasteiger partial charge in [-0.25, -0.2) is 9.37 Å². The minimum absolute atomic E-state index is 0.143. The van der Waals surface area contributed by atoms with E-state index < -0.39 is 5.82 Å². The van der Waals surface area contributed by atoms with E-state index in [1.54, 1.807) is 23.5 Å². The number of aryl methyl sites for hydroxylation is 1. The lowest BCUT2D eigenvalue weighted by Gasteiger charge is -2.07. The Kier molecular flexibility index (Phi) is 3.97. The van der Waals surface area contributed by atoms with Crippen molar-refractivity contribution < 1.29 is 4.39 Å². The van der Waals surface area contributed by atoms with Crippen molar-refractivity contribution in [1.82, 2.24) is 4.98 Å². The summed E-state index contributed by atoms with van der Waals surface area (Å²) < 4.78 is 13.5. The Balaban J connectivity index is 1.95. The number of aromatic nitrogens is 1. The van der Waals surface area contributed by atoms with Gasteiger partial charge in [0.05, 0.1) is 21.9 Å². The second kappa shape index (κ2) is 5.47. The van der Waals surface area contributed by atoms with E-state index in [0.29, 0.717) is 12.2 Å². The molecule has 0 amide bonds. The molecule has 17 heavy (non-hydrogen) atoms. The molecule has 0 spiro atoms. The molecule has 1 N–H and O–H groups in total. The summed E-state index contributed by atoms with van der Waals surface area (Å²) in [7, 11) is 0. The number of hydrogen-bond donors (Lipinski definition) is 1. The molecule has 1 heterocycles. The van der Waals surface area contributed by atoms with Crippen molar-refractivity contribution in [1.29, 1.82) is 0 Å². The monoisotopic (exact) mass is 270 g/mol. The maximum Gasteiger partial charge on any atom is 0.164 e. The number of nitrogens with one attached hydrogen (secondary N) is 1. The number of halogens is 2. The fourth-order valence-corrected chi connectivity index (χ4v) is 2.47. The summed E-state index contributed by atoms with van der Waals surface area (Å²) in [5.41, 5.74) is 3.31. The molecule has 2 rings (SSSR count). The van der Waals surface area contributed by atoms with Gasteiger partial charge in [0.1, 0.15) is 0 Å². The Morgan fingerprint density at radius 2 is 2.29 bits per heavy atom. The number of hydrogen-bond acceptors (Lipinski definition) is 3. The van der Waals surface area contributed by atoms with E-state index in [9.17, 15) is 4.39 Å². The highest BCUT2D eigenvalue weighted by molar-refractivity contribution is 7.09. The maximum atomic E-state index is 13.5. The first-order valence-electron chi connectivity index (χ1n) is 5.25. The number of nitrogens with zero attached hydrogens (tertiary/aromatic N) is 1. The Hall–Kier alpha value is -1.13. The average Bonchev–Trinajstić information content (AvgIpc) is 2.71. The van der Waals surface area contributed by atoms with Crippen LogP contribution in [-0.2, 0) is 6.42 Å². The molecule has 1 aromatic heterocycles. The van der Waals surface area contributed by atoms with Crippen LogP contribution in [0.1, 0.15) is 10.6 Å². The summed E-state index contributed by atoms with van der Waals surface area (Å²) in [6.07, 6.45) is 0.836. The normalized spacial score (nSPS) is 10.5. The van der Waals surface area contributed by atoms with Crippen LogP contribution in [-0.4, -0.2) is 11.5 Å². The molecule has 0 radical (unpaired) electrons. The lowest BCUT2D eigenvalue weighted by molar-refractivity contribution is 0.630. The van der Waals surface area contributed by atoms with E-state index in [0.717, 1.165) is 12.1 Å². The van der Waals surface area contributed by atoms with Crippen LogP contribution in [0.15, 0.2) is 23.7 Å². The molecule has 2 nitrogen and oxygen atoms in total. The number of rotatable bonds is 4. The van der Waals surface area contributed by atoms with Crippen LogP contribution in [0.5, 0.6) is 0 Å². The molecule has 0 atom stereocenters. The highest BCUT2D eigenvalue weighted by Gasteiger charge is 2.06. The molecule has 0 unspecified atom stereocenters. The van der Waals surface area contributed by atoms with Crippen molar-refractivity contribution in [2.75, 3.05) is 11.9 Å². The molecular formula is C12H12ClFN2S. The van der Waals surface area contributed by atoms with Crippen LogP contribution in [0.25, 0.3) is 0 Å². The highest BCUT2D eigenvalue weighted by atomic mass is 35.5. The lowest BCUT2D eigenvalue weighted by Crippen LogP contribution is -2.06. The van der Waals surface area contributed by atoms with Crippen molar-refractivity contribution in [3.05, 3.63) is 45.1 Å². The highest BCUT2D eigenvalue weighted by Crippen LogP contribution is 2.22. The lowest BCUT2D eigenvalue weighted by atomic mass is 10.2. The SMILES string of the molecule is Cc1ncsc1CCNc1cccc(Cl)c1F. The first-order chi connectivity index (χ1) is 8.18. The van der Waals surface area contributed by atoms with Crippen molar-refractivity contribution in [2.45, 2.75) is 13.3 Å². The first-order valence-corrected chi connectivity index (χ1v) is 6.51. The van der Waals surface area contributed by atoms with Crippen LogP contribution < -0.4 is 5.32 Å². The first kappa shape index (κ1) is 12.3. The van der Waals surface area contributed by atoms with Crippen LogP contribution in [0.2, 0.25) is 5.02 Å². The Bertz CT molecular complexity index is 513. The molecule has 90 valence electrons. The zero-order valence-corrected chi connectivity index (χ0v) is 10.9. The second-order valence-corrected chi connectivity index (χ2v) is 4.99. The average molecular weight is 271 g/mol.